The molecule has 0 fully saturated rings. The van der Waals surface area contributed by atoms with E-state index in [4.69, 9.17) is 4.98 Å². The number of nitrogens with zero attached hydrogens (tertiary/aromatic N) is 4. The lowest BCUT2D eigenvalue weighted by Crippen LogP contribution is -2.44. The molecule has 0 N–H and O–H groups in total. The van der Waals surface area contributed by atoms with Crippen LogP contribution in [0.3, 0.4) is 0 Å². The number of hydrogen-bond acceptors (Lipinski definition) is 3. The predicted molar refractivity (Wildman–Crippen MR) is 99.0 cm³/mol. The van der Waals surface area contributed by atoms with Gasteiger partial charge < -0.3 is 0 Å². The molecule has 1 heterocycles. The van der Waals surface area contributed by atoms with E-state index in [1.807, 2.05) is 0 Å². The van der Waals surface area contributed by atoms with Crippen molar-refractivity contribution in [2.45, 2.75) is 27.7 Å². The van der Waals surface area contributed by atoms with E-state index in [0.29, 0.717) is 0 Å². The van der Waals surface area contributed by atoms with Gasteiger partial charge in [-0.1, -0.05) is 12.1 Å². The predicted octanol–water partition coefficient (Wildman–Crippen LogP) is 3.36. The van der Waals surface area contributed by atoms with Crippen molar-refractivity contribution in [1.82, 2.24) is 18.9 Å². The van der Waals surface area contributed by atoms with Crippen molar-refractivity contribution in [3.63, 3.8) is 0 Å². The van der Waals surface area contributed by atoms with E-state index >= 15 is 0 Å². The van der Waals surface area contributed by atoms with Crippen LogP contribution in [0.1, 0.15) is 27.7 Å². The first-order valence-corrected chi connectivity index (χ1v) is 10.5. The summed E-state index contributed by atoms with van der Waals surface area (Å²) in [5.41, 5.74) is 3.56. The highest BCUT2D eigenvalue weighted by Crippen LogP contribution is 2.59. The smallest absolute Gasteiger partial charge is 0.294 e. The van der Waals surface area contributed by atoms with Crippen LogP contribution >= 0.6 is 7.56 Å². The third-order valence-electron chi connectivity index (χ3n) is 4.70. The van der Waals surface area contributed by atoms with Gasteiger partial charge >= 0.3 is 0 Å². The molecule has 1 aromatic heterocycles. The van der Waals surface area contributed by atoms with Gasteiger partial charge in [-0.2, -0.15) is 14.3 Å². The minimum Gasteiger partial charge on any atom is -0.295 e. The Morgan fingerprint density at radius 2 is 1.45 bits per heavy atom. The molecule has 0 aliphatic rings. The quantitative estimate of drug-likeness (QED) is 0.731. The van der Waals surface area contributed by atoms with Gasteiger partial charge in [0.05, 0.1) is 17.7 Å². The molecule has 0 aliphatic carbocycles. The summed E-state index contributed by atoms with van der Waals surface area (Å²) >= 11 is 0. The summed E-state index contributed by atoms with van der Waals surface area (Å²) < 4.78 is 7.53. The number of aryl methyl sites for hydroxylation is 1. The molecule has 22 heavy (non-hydrogen) atoms. The SMILES string of the molecule is CCN(CC)[P+](C)(c1nc2ccccc2n1C)N(CC)CC. The first-order valence-electron chi connectivity index (χ1n) is 8.33. The lowest BCUT2D eigenvalue weighted by Gasteiger charge is -2.37. The zero-order valence-electron chi connectivity index (χ0n) is 14.9. The molecule has 0 amide bonds. The maximum Gasteiger partial charge on any atom is 0.294 e. The molecule has 2 rings (SSSR count). The van der Waals surface area contributed by atoms with E-state index in [9.17, 15) is 0 Å². The highest BCUT2D eigenvalue weighted by atomic mass is 31.2. The summed E-state index contributed by atoms with van der Waals surface area (Å²) in [6, 6.07) is 8.45. The minimum absolute atomic E-state index is 1.06. The number of hydrogen-bond donors (Lipinski definition) is 0. The maximum absolute atomic E-state index is 5.05. The summed E-state index contributed by atoms with van der Waals surface area (Å²) in [5, 5.41) is 0. The fourth-order valence-corrected chi connectivity index (χ4v) is 7.53. The molecule has 1 aromatic carbocycles. The van der Waals surface area contributed by atoms with Crippen LogP contribution in [-0.2, 0) is 7.05 Å². The zero-order valence-corrected chi connectivity index (χ0v) is 15.8. The number of rotatable bonds is 7. The highest BCUT2D eigenvalue weighted by Gasteiger charge is 2.50. The minimum atomic E-state index is -1.63. The van der Waals surface area contributed by atoms with Gasteiger partial charge in [0.15, 0.2) is 0 Å². The largest absolute Gasteiger partial charge is 0.295 e. The fourth-order valence-electron chi connectivity index (χ4n) is 3.49. The monoisotopic (exact) mass is 321 g/mol. The van der Waals surface area contributed by atoms with Crippen molar-refractivity contribution in [2.24, 2.45) is 7.05 Å². The Morgan fingerprint density at radius 3 is 1.91 bits per heavy atom. The molecule has 0 bridgehead atoms. The Kier molecular flexibility index (Phi) is 5.60. The van der Waals surface area contributed by atoms with Crippen LogP contribution in [0.15, 0.2) is 24.3 Å². The number of imidazole rings is 1. The Balaban J connectivity index is 2.68. The second-order valence-electron chi connectivity index (χ2n) is 5.65. The summed E-state index contributed by atoms with van der Waals surface area (Å²) in [5.74, 6) is 0. The van der Waals surface area contributed by atoms with Gasteiger partial charge in [-0.15, -0.1) is 0 Å². The molecule has 5 heteroatoms. The molecule has 0 saturated carbocycles. The van der Waals surface area contributed by atoms with Crippen molar-refractivity contribution < 1.29 is 0 Å². The summed E-state index contributed by atoms with van der Waals surface area (Å²) in [6.45, 7) is 15.7. The summed E-state index contributed by atoms with van der Waals surface area (Å²) in [6.07, 6.45) is 0. The Bertz CT molecular complexity index is 602. The standard InChI is InChI=1S/C17H30N4P/c1-7-20(8-2)22(6,21(9-3)10-4)17-18-15-13-11-12-14-16(15)19(17)5/h11-14H,7-10H2,1-6H3/q+1. The third kappa shape index (κ3) is 2.68. The molecule has 0 radical (unpaired) electrons. The number of aromatic nitrogens is 2. The van der Waals surface area contributed by atoms with Crippen LogP contribution in [-0.4, -0.2) is 51.7 Å². The van der Waals surface area contributed by atoms with Gasteiger partial charge in [-0.05, 0) is 39.8 Å². The van der Waals surface area contributed by atoms with E-state index in [0.717, 1.165) is 31.7 Å². The van der Waals surface area contributed by atoms with Gasteiger partial charge in [0.25, 0.3) is 5.57 Å². The first kappa shape index (κ1) is 17.4. The second-order valence-corrected chi connectivity index (χ2v) is 9.01. The molecule has 0 atom stereocenters. The third-order valence-corrected chi connectivity index (χ3v) is 9.20. The number of fused-ring (bicyclic) bond motifs is 1. The van der Waals surface area contributed by atoms with E-state index in [2.05, 4.69) is 79.6 Å². The normalized spacial score (nSPS) is 12.7. The van der Waals surface area contributed by atoms with Crippen molar-refractivity contribution in [1.29, 1.82) is 0 Å². The Hall–Kier alpha value is -0.960. The van der Waals surface area contributed by atoms with Crippen molar-refractivity contribution in [2.75, 3.05) is 32.8 Å². The topological polar surface area (TPSA) is 24.3 Å². The van der Waals surface area contributed by atoms with E-state index in [1.165, 1.54) is 11.1 Å². The van der Waals surface area contributed by atoms with E-state index in [1.54, 1.807) is 0 Å². The number of benzene rings is 1. The van der Waals surface area contributed by atoms with Gasteiger partial charge in [0.2, 0.25) is 7.56 Å². The van der Waals surface area contributed by atoms with Crippen LogP contribution in [0.5, 0.6) is 0 Å². The van der Waals surface area contributed by atoms with Crippen LogP contribution < -0.4 is 5.57 Å². The molecule has 4 nitrogen and oxygen atoms in total. The van der Waals surface area contributed by atoms with E-state index < -0.39 is 7.56 Å². The molecule has 0 spiro atoms. The van der Waals surface area contributed by atoms with Gasteiger partial charge in [-0.25, -0.2) is 0 Å². The van der Waals surface area contributed by atoms with Crippen LogP contribution in [0.4, 0.5) is 0 Å². The Labute approximate surface area is 135 Å². The van der Waals surface area contributed by atoms with Crippen molar-refractivity contribution in [3.05, 3.63) is 24.3 Å². The molecule has 122 valence electrons. The van der Waals surface area contributed by atoms with Gasteiger partial charge in [0, 0.05) is 33.2 Å². The maximum atomic E-state index is 5.05. The van der Waals surface area contributed by atoms with Gasteiger partial charge in [0.1, 0.15) is 0 Å². The fraction of sp³-hybridized carbons (Fsp3) is 0.588. The van der Waals surface area contributed by atoms with Crippen molar-refractivity contribution in [3.8, 4) is 0 Å². The molecular formula is C17H30N4P+. The Morgan fingerprint density at radius 1 is 0.955 bits per heavy atom. The summed E-state index contributed by atoms with van der Waals surface area (Å²) in [4.78, 5) is 5.05. The summed E-state index contributed by atoms with van der Waals surface area (Å²) in [7, 11) is 0.529. The lowest BCUT2D eigenvalue weighted by atomic mass is 10.3. The van der Waals surface area contributed by atoms with Crippen molar-refractivity contribution >= 4 is 24.2 Å². The van der Waals surface area contributed by atoms with Gasteiger partial charge in [-0.3, -0.25) is 4.57 Å². The average Bonchev–Trinajstić information content (AvgIpc) is 2.87. The van der Waals surface area contributed by atoms with E-state index in [-0.39, 0.29) is 0 Å². The molecule has 0 aliphatic heterocycles. The second kappa shape index (κ2) is 7.08. The van der Waals surface area contributed by atoms with Crippen LogP contribution in [0, 0.1) is 0 Å². The highest BCUT2D eigenvalue weighted by molar-refractivity contribution is 7.77. The molecular weight excluding hydrogens is 291 g/mol. The van der Waals surface area contributed by atoms with Crippen LogP contribution in [0.2, 0.25) is 0 Å². The first-order chi connectivity index (χ1) is 10.5. The molecule has 2 aromatic rings. The average molecular weight is 321 g/mol. The number of para-hydroxylation sites is 2. The lowest BCUT2D eigenvalue weighted by molar-refractivity contribution is 0.415. The molecule has 0 saturated heterocycles. The zero-order chi connectivity index (χ0) is 16.3. The molecule has 0 unspecified atom stereocenters. The van der Waals surface area contributed by atoms with Crippen LogP contribution in [0.25, 0.3) is 11.0 Å².